The largest absolute Gasteiger partial charge is 0.481 e. The van der Waals surface area contributed by atoms with E-state index >= 15 is 0 Å². The minimum Gasteiger partial charge on any atom is -0.481 e. The zero-order valence-electron chi connectivity index (χ0n) is 5.19. The van der Waals surface area contributed by atoms with Crippen LogP contribution >= 0.6 is 0 Å². The first-order valence-corrected chi connectivity index (χ1v) is 2.18. The molecular weight excluding hydrogens is 151 g/mol. The zero-order chi connectivity index (χ0) is 6.08. The minimum absolute atomic E-state index is 0. The zero-order valence-corrected chi connectivity index (χ0v) is 6.23. The second-order valence-electron chi connectivity index (χ2n) is 2.56. The van der Waals surface area contributed by atoms with Crippen LogP contribution in [-0.2, 0) is 21.6 Å². The molecule has 0 fully saturated rings. The average Bonchev–Trinajstić information content (AvgIpc) is 1.31. The van der Waals surface area contributed by atoms with E-state index < -0.39 is 11.4 Å². The number of aliphatic carboxylic acids is 1. The molecule has 0 atom stereocenters. The van der Waals surface area contributed by atoms with Gasteiger partial charge in [-0.3, -0.25) is 4.79 Å². The van der Waals surface area contributed by atoms with Crippen LogP contribution in [0.4, 0.5) is 0 Å². The third kappa shape index (κ3) is 4.14. The molecule has 0 aliphatic rings. The van der Waals surface area contributed by atoms with E-state index in [-0.39, 0.29) is 16.8 Å². The van der Waals surface area contributed by atoms with Crippen LogP contribution in [0.5, 0.6) is 0 Å². The van der Waals surface area contributed by atoms with Crippen molar-refractivity contribution in [1.29, 1.82) is 0 Å². The van der Waals surface area contributed by atoms with Crippen molar-refractivity contribution in [2.45, 2.75) is 20.8 Å². The van der Waals surface area contributed by atoms with Gasteiger partial charge in [0.05, 0.1) is 5.41 Å². The Bertz CT molecular complexity index is 82.9. The maximum atomic E-state index is 10.0. The van der Waals surface area contributed by atoms with Gasteiger partial charge in [0, 0.05) is 16.8 Å². The van der Waals surface area contributed by atoms with Gasteiger partial charge in [0.15, 0.2) is 0 Å². The number of carboxylic acids is 1. The summed E-state index contributed by atoms with van der Waals surface area (Å²) in [5.41, 5.74) is -0.583. The van der Waals surface area contributed by atoms with E-state index in [1.165, 1.54) is 0 Å². The number of hydrogen-bond donors (Lipinski definition) is 1. The second-order valence-corrected chi connectivity index (χ2v) is 2.56. The number of carbonyl (C=O) groups is 1. The van der Waals surface area contributed by atoms with Gasteiger partial charge >= 0.3 is 5.97 Å². The van der Waals surface area contributed by atoms with Crippen LogP contribution in [0.25, 0.3) is 0 Å². The monoisotopic (exact) mass is 161 g/mol. The molecule has 1 radical (unpaired) electrons. The van der Waals surface area contributed by atoms with Crippen molar-refractivity contribution in [3.63, 3.8) is 0 Å². The summed E-state index contributed by atoms with van der Waals surface area (Å²) < 4.78 is 0. The Balaban J connectivity index is 0. The van der Waals surface area contributed by atoms with Crippen LogP contribution in [-0.4, -0.2) is 11.1 Å². The quantitative estimate of drug-likeness (QED) is 0.577. The first kappa shape index (κ1) is 10.9. The van der Waals surface area contributed by atoms with Gasteiger partial charge in [0.2, 0.25) is 0 Å². The van der Waals surface area contributed by atoms with Crippen LogP contribution in [0.2, 0.25) is 0 Å². The first-order valence-electron chi connectivity index (χ1n) is 2.18. The van der Waals surface area contributed by atoms with Crippen molar-refractivity contribution in [2.75, 3.05) is 0 Å². The molecule has 0 amide bonds. The molecule has 0 rings (SSSR count). The van der Waals surface area contributed by atoms with Crippen molar-refractivity contribution in [2.24, 2.45) is 5.41 Å². The molecule has 0 aliphatic carbocycles. The molecule has 51 valence electrons. The van der Waals surface area contributed by atoms with E-state index in [4.69, 9.17) is 5.11 Å². The van der Waals surface area contributed by atoms with Gasteiger partial charge in [-0.15, -0.1) is 0 Å². The molecule has 0 saturated carbocycles. The molecule has 3 heteroatoms. The summed E-state index contributed by atoms with van der Waals surface area (Å²) in [5, 5.41) is 8.25. The van der Waals surface area contributed by atoms with E-state index in [9.17, 15) is 4.79 Å². The van der Waals surface area contributed by atoms with Gasteiger partial charge in [-0.1, -0.05) is 0 Å². The summed E-state index contributed by atoms with van der Waals surface area (Å²) >= 11 is 0. The Kier molecular flexibility index (Phi) is 4.20. The Morgan fingerprint density at radius 2 is 1.50 bits per heavy atom. The van der Waals surface area contributed by atoms with Crippen molar-refractivity contribution < 1.29 is 26.7 Å². The van der Waals surface area contributed by atoms with Crippen molar-refractivity contribution in [3.8, 4) is 0 Å². The second kappa shape index (κ2) is 3.09. The van der Waals surface area contributed by atoms with Gasteiger partial charge in [-0.2, -0.15) is 0 Å². The Hall–Kier alpha value is -0.0235. The third-order valence-corrected chi connectivity index (χ3v) is 0.642. The van der Waals surface area contributed by atoms with Crippen LogP contribution in [0.3, 0.4) is 0 Å². The molecule has 0 aliphatic heterocycles. The summed E-state index contributed by atoms with van der Waals surface area (Å²) in [6, 6.07) is 0. The van der Waals surface area contributed by atoms with E-state index in [1.54, 1.807) is 20.8 Å². The number of carboxylic acid groups (broad SMARTS) is 1. The molecule has 0 unspecified atom stereocenters. The maximum Gasteiger partial charge on any atom is 0.308 e. The summed E-state index contributed by atoms with van der Waals surface area (Å²) in [4.78, 5) is 10.0. The summed E-state index contributed by atoms with van der Waals surface area (Å²) in [6.07, 6.45) is 0. The minimum atomic E-state index is -0.757. The molecule has 0 aromatic heterocycles. The van der Waals surface area contributed by atoms with E-state index in [0.29, 0.717) is 0 Å². The molecule has 0 saturated heterocycles. The van der Waals surface area contributed by atoms with Crippen LogP contribution in [0, 0.1) is 5.41 Å². The third-order valence-electron chi connectivity index (χ3n) is 0.642. The summed E-state index contributed by atoms with van der Waals surface area (Å²) in [6.45, 7) is 4.99. The molecular formula is C5H10CoO2. The molecule has 0 bridgehead atoms. The SMILES string of the molecule is CC(C)(C)C(=O)O.[Co]. The van der Waals surface area contributed by atoms with Gasteiger partial charge in [-0.25, -0.2) is 0 Å². The van der Waals surface area contributed by atoms with Crippen molar-refractivity contribution in [1.82, 2.24) is 0 Å². The molecule has 8 heavy (non-hydrogen) atoms. The molecule has 1 N–H and O–H groups in total. The van der Waals surface area contributed by atoms with Crippen LogP contribution in [0.15, 0.2) is 0 Å². The fourth-order valence-corrected chi connectivity index (χ4v) is 0. The van der Waals surface area contributed by atoms with E-state index in [2.05, 4.69) is 0 Å². The maximum absolute atomic E-state index is 10.0. The molecule has 0 heterocycles. The molecule has 2 nitrogen and oxygen atoms in total. The van der Waals surface area contributed by atoms with Gasteiger partial charge in [0.1, 0.15) is 0 Å². The molecule has 0 aromatic rings. The van der Waals surface area contributed by atoms with E-state index in [1.807, 2.05) is 0 Å². The van der Waals surface area contributed by atoms with Crippen molar-refractivity contribution in [3.05, 3.63) is 0 Å². The smallest absolute Gasteiger partial charge is 0.308 e. The Labute approximate surface area is 59.5 Å². The normalized spacial score (nSPS) is 9.88. The first-order chi connectivity index (χ1) is 2.94. The number of hydrogen-bond acceptors (Lipinski definition) is 1. The Morgan fingerprint density at radius 3 is 1.50 bits per heavy atom. The fourth-order valence-electron chi connectivity index (χ4n) is 0. The summed E-state index contributed by atoms with van der Waals surface area (Å²) in [5.74, 6) is -0.757. The molecule has 0 aromatic carbocycles. The van der Waals surface area contributed by atoms with Crippen LogP contribution in [0.1, 0.15) is 20.8 Å². The standard InChI is InChI=1S/C5H10O2.Co/c1-5(2,3)4(6)7;/h1-3H3,(H,6,7);. The van der Waals surface area contributed by atoms with Gasteiger partial charge in [0.25, 0.3) is 0 Å². The van der Waals surface area contributed by atoms with Gasteiger partial charge < -0.3 is 5.11 Å². The number of rotatable bonds is 0. The average molecular weight is 161 g/mol. The predicted octanol–water partition coefficient (Wildman–Crippen LogP) is 1.11. The molecule has 0 spiro atoms. The Morgan fingerprint density at radius 1 is 1.38 bits per heavy atom. The summed E-state index contributed by atoms with van der Waals surface area (Å²) in [7, 11) is 0. The van der Waals surface area contributed by atoms with E-state index in [0.717, 1.165) is 0 Å². The topological polar surface area (TPSA) is 37.3 Å². The van der Waals surface area contributed by atoms with Gasteiger partial charge in [-0.05, 0) is 20.8 Å². The van der Waals surface area contributed by atoms with Crippen molar-refractivity contribution >= 4 is 5.97 Å². The fraction of sp³-hybridized carbons (Fsp3) is 0.800. The van der Waals surface area contributed by atoms with Crippen LogP contribution < -0.4 is 0 Å². The predicted molar refractivity (Wildman–Crippen MR) is 27.1 cm³/mol.